The first-order valence-electron chi connectivity index (χ1n) is 12.3. The number of carbonyl (C=O) groups excluding carboxylic acids is 2. The van der Waals surface area contributed by atoms with Crippen LogP contribution in [0.1, 0.15) is 75.7 Å². The molecule has 2 atom stereocenters. The number of hydrogen-bond acceptors (Lipinski definition) is 5. The largest absolute Gasteiger partial charge is 0.459 e. The van der Waals surface area contributed by atoms with Crippen molar-refractivity contribution in [3.63, 3.8) is 0 Å². The molecule has 2 unspecified atom stereocenters. The Bertz CT molecular complexity index is 1060. The molecule has 34 heavy (non-hydrogen) atoms. The lowest BCUT2D eigenvalue weighted by molar-refractivity contribution is -0.122. The third kappa shape index (κ3) is 4.95. The van der Waals surface area contributed by atoms with Crippen LogP contribution in [0, 0.1) is 5.92 Å². The highest BCUT2D eigenvalue weighted by Crippen LogP contribution is 2.29. The van der Waals surface area contributed by atoms with Gasteiger partial charge in [0, 0.05) is 36.0 Å². The molecule has 0 aliphatic carbocycles. The third-order valence-electron chi connectivity index (χ3n) is 6.78. The number of ether oxygens (including phenoxy) is 1. The Labute approximate surface area is 201 Å². The van der Waals surface area contributed by atoms with Gasteiger partial charge in [0.25, 0.3) is 11.8 Å². The first-order valence-corrected chi connectivity index (χ1v) is 12.3. The predicted octanol–water partition coefficient (Wildman–Crippen LogP) is 4.10. The number of amides is 2. The maximum atomic E-state index is 13.1. The van der Waals surface area contributed by atoms with E-state index in [9.17, 15) is 9.59 Å². The number of benzene rings is 1. The minimum Gasteiger partial charge on any atom is -0.459 e. The van der Waals surface area contributed by atoms with Gasteiger partial charge in [0.1, 0.15) is 5.69 Å². The molecular weight excluding hydrogens is 430 g/mol. The molecular formula is C26H35N5O3. The van der Waals surface area contributed by atoms with Crippen molar-refractivity contribution in [1.82, 2.24) is 25.7 Å². The van der Waals surface area contributed by atoms with Gasteiger partial charge in [0.15, 0.2) is 6.23 Å². The lowest BCUT2D eigenvalue weighted by atomic mass is 10.0. The second kappa shape index (κ2) is 10.3. The van der Waals surface area contributed by atoms with E-state index in [-0.39, 0.29) is 29.7 Å². The van der Waals surface area contributed by atoms with E-state index in [2.05, 4.69) is 34.7 Å². The van der Waals surface area contributed by atoms with E-state index in [1.165, 1.54) is 0 Å². The summed E-state index contributed by atoms with van der Waals surface area (Å²) in [6, 6.07) is 9.99. The van der Waals surface area contributed by atoms with Gasteiger partial charge in [-0.2, -0.15) is 5.10 Å². The van der Waals surface area contributed by atoms with Crippen LogP contribution in [0.3, 0.4) is 0 Å². The van der Waals surface area contributed by atoms with Crippen molar-refractivity contribution in [2.75, 3.05) is 6.54 Å². The van der Waals surface area contributed by atoms with Crippen LogP contribution < -0.4 is 10.6 Å². The fraction of sp³-hybridized carbons (Fsp3) is 0.500. The fourth-order valence-electron chi connectivity index (χ4n) is 4.71. The van der Waals surface area contributed by atoms with Crippen LogP contribution in [0.4, 0.5) is 0 Å². The highest BCUT2D eigenvalue weighted by Gasteiger charge is 2.32. The standard InChI is InChI=1S/C26H35N5O3/c1-5-19(6-2)28-24(32)23-15-27-25(34-23)18-10-7-9-17(13-18)20-14-21(30-29-20)26(33)31-12-8-11-22(31)16(3)4/h7,9-10,13-16,19,22,25,27H,5-6,8,11-12H2,1-4H3,(H,28,32)(H,29,30). The molecule has 2 aliphatic heterocycles. The number of carbonyl (C=O) groups is 2. The number of nitrogens with one attached hydrogen (secondary N) is 3. The summed E-state index contributed by atoms with van der Waals surface area (Å²) >= 11 is 0. The zero-order valence-corrected chi connectivity index (χ0v) is 20.4. The van der Waals surface area contributed by atoms with Gasteiger partial charge in [-0.1, -0.05) is 45.9 Å². The van der Waals surface area contributed by atoms with Crippen LogP contribution in [0.25, 0.3) is 11.3 Å². The van der Waals surface area contributed by atoms with Crippen LogP contribution in [-0.4, -0.2) is 45.5 Å². The summed E-state index contributed by atoms with van der Waals surface area (Å²) in [5.74, 6) is 0.501. The Hall–Kier alpha value is -3.29. The minimum atomic E-state index is -0.459. The third-order valence-corrected chi connectivity index (χ3v) is 6.78. The Morgan fingerprint density at radius 3 is 2.76 bits per heavy atom. The predicted molar refractivity (Wildman–Crippen MR) is 130 cm³/mol. The van der Waals surface area contributed by atoms with Crippen molar-refractivity contribution in [2.24, 2.45) is 5.92 Å². The van der Waals surface area contributed by atoms with Gasteiger partial charge < -0.3 is 20.3 Å². The highest BCUT2D eigenvalue weighted by atomic mass is 16.5. The van der Waals surface area contributed by atoms with Crippen LogP contribution in [0.2, 0.25) is 0 Å². The van der Waals surface area contributed by atoms with E-state index in [1.807, 2.05) is 49.1 Å². The summed E-state index contributed by atoms with van der Waals surface area (Å²) in [5.41, 5.74) is 2.94. The lowest BCUT2D eigenvalue weighted by Crippen LogP contribution is -2.38. The van der Waals surface area contributed by atoms with Crippen molar-refractivity contribution in [3.05, 3.63) is 53.5 Å². The monoisotopic (exact) mass is 465 g/mol. The Morgan fingerprint density at radius 1 is 1.24 bits per heavy atom. The molecule has 1 aromatic carbocycles. The molecule has 0 saturated carbocycles. The zero-order chi connectivity index (χ0) is 24.2. The molecule has 2 aromatic rings. The molecule has 3 N–H and O–H groups in total. The summed E-state index contributed by atoms with van der Waals surface area (Å²) in [7, 11) is 0. The van der Waals surface area contributed by atoms with Gasteiger partial charge >= 0.3 is 0 Å². The highest BCUT2D eigenvalue weighted by molar-refractivity contribution is 5.94. The average molecular weight is 466 g/mol. The molecule has 8 nitrogen and oxygen atoms in total. The second-order valence-corrected chi connectivity index (χ2v) is 9.40. The van der Waals surface area contributed by atoms with Crippen molar-refractivity contribution in [3.8, 4) is 11.3 Å². The quantitative estimate of drug-likeness (QED) is 0.545. The van der Waals surface area contributed by atoms with E-state index in [0.29, 0.717) is 17.3 Å². The molecule has 8 heteroatoms. The number of aromatic amines is 1. The van der Waals surface area contributed by atoms with Crippen molar-refractivity contribution >= 4 is 11.8 Å². The number of rotatable bonds is 8. The van der Waals surface area contributed by atoms with E-state index in [1.54, 1.807) is 6.20 Å². The molecule has 3 heterocycles. The first-order chi connectivity index (χ1) is 16.4. The minimum absolute atomic E-state index is 0.00390. The summed E-state index contributed by atoms with van der Waals surface area (Å²) in [6.45, 7) is 9.21. The molecule has 0 radical (unpaired) electrons. The van der Waals surface area contributed by atoms with Gasteiger partial charge in [-0.3, -0.25) is 14.7 Å². The molecule has 2 aliphatic rings. The first kappa shape index (κ1) is 23.9. The van der Waals surface area contributed by atoms with Crippen LogP contribution in [0.5, 0.6) is 0 Å². The van der Waals surface area contributed by atoms with Crippen molar-refractivity contribution in [2.45, 2.75) is 71.7 Å². The Morgan fingerprint density at radius 2 is 2.03 bits per heavy atom. The molecule has 1 saturated heterocycles. The zero-order valence-electron chi connectivity index (χ0n) is 20.4. The lowest BCUT2D eigenvalue weighted by Gasteiger charge is -2.27. The van der Waals surface area contributed by atoms with Gasteiger partial charge in [0.2, 0.25) is 5.76 Å². The van der Waals surface area contributed by atoms with Gasteiger partial charge in [0.05, 0.1) is 5.69 Å². The SMILES string of the molecule is CCC(CC)NC(=O)C1=CNC(c2cccc(-c3cc(C(=O)N4CCCC4C(C)C)[nH]n3)c2)O1. The molecule has 2 amide bonds. The summed E-state index contributed by atoms with van der Waals surface area (Å²) in [6.07, 6.45) is 4.99. The van der Waals surface area contributed by atoms with Crippen LogP contribution in [0.15, 0.2) is 42.3 Å². The van der Waals surface area contributed by atoms with Gasteiger partial charge in [-0.05, 0) is 43.7 Å². The molecule has 4 rings (SSSR count). The molecule has 182 valence electrons. The number of aromatic nitrogens is 2. The van der Waals surface area contributed by atoms with Crippen molar-refractivity contribution in [1.29, 1.82) is 0 Å². The Balaban J connectivity index is 1.43. The number of H-pyrrole nitrogens is 1. The van der Waals surface area contributed by atoms with Gasteiger partial charge in [-0.25, -0.2) is 0 Å². The second-order valence-electron chi connectivity index (χ2n) is 9.40. The summed E-state index contributed by atoms with van der Waals surface area (Å²) in [5, 5.41) is 13.5. The normalized spacial score (nSPS) is 19.8. The summed E-state index contributed by atoms with van der Waals surface area (Å²) in [4.78, 5) is 27.5. The van der Waals surface area contributed by atoms with Crippen molar-refractivity contribution < 1.29 is 14.3 Å². The Kier molecular flexibility index (Phi) is 7.24. The maximum absolute atomic E-state index is 13.1. The van der Waals surface area contributed by atoms with E-state index in [0.717, 1.165) is 43.4 Å². The molecule has 1 fully saturated rings. The topological polar surface area (TPSA) is 99.4 Å². The number of likely N-dealkylation sites (tertiary alicyclic amines) is 1. The fourth-order valence-corrected chi connectivity index (χ4v) is 4.71. The molecule has 0 bridgehead atoms. The number of nitrogens with zero attached hydrogens (tertiary/aromatic N) is 2. The van der Waals surface area contributed by atoms with Gasteiger partial charge in [-0.15, -0.1) is 0 Å². The molecule has 0 spiro atoms. The molecule has 1 aromatic heterocycles. The average Bonchev–Trinajstić information content (AvgIpc) is 3.62. The summed E-state index contributed by atoms with van der Waals surface area (Å²) < 4.78 is 5.88. The van der Waals surface area contributed by atoms with Crippen LogP contribution >= 0.6 is 0 Å². The van der Waals surface area contributed by atoms with E-state index in [4.69, 9.17) is 4.74 Å². The maximum Gasteiger partial charge on any atom is 0.288 e. The smallest absolute Gasteiger partial charge is 0.288 e. The van der Waals surface area contributed by atoms with E-state index >= 15 is 0 Å². The van der Waals surface area contributed by atoms with Crippen LogP contribution in [-0.2, 0) is 9.53 Å². The number of hydrogen-bond donors (Lipinski definition) is 3. The van der Waals surface area contributed by atoms with E-state index < -0.39 is 6.23 Å².